The molecule has 0 aromatic heterocycles. The lowest BCUT2D eigenvalue weighted by Gasteiger charge is -2.06. The minimum Gasteiger partial charge on any atom is -0.328 e. The normalized spacial score (nSPS) is 13.7. The van der Waals surface area contributed by atoms with E-state index in [2.05, 4.69) is 0 Å². The molecule has 1 unspecified atom stereocenters. The van der Waals surface area contributed by atoms with E-state index >= 15 is 0 Å². The molecule has 0 bridgehead atoms. The summed E-state index contributed by atoms with van der Waals surface area (Å²) in [5.41, 5.74) is 6.36. The fraction of sp³-hybridized carbons (Fsp3) is 0.455. The third kappa shape index (κ3) is 4.95. The smallest absolute Gasteiger partial charge is 0.154 e. The molecule has 1 aromatic carbocycles. The molecule has 0 heterocycles. The SMILES string of the molecule is CC(N)CCS(=O)(=O)Cc1ccccc1. The van der Waals surface area contributed by atoms with Crippen molar-refractivity contribution in [1.29, 1.82) is 0 Å². The summed E-state index contributed by atoms with van der Waals surface area (Å²) in [6.07, 6.45) is 0.523. The van der Waals surface area contributed by atoms with Crippen LogP contribution in [-0.2, 0) is 15.6 Å². The number of benzene rings is 1. The first-order valence-electron chi connectivity index (χ1n) is 4.99. The molecule has 0 aliphatic heterocycles. The van der Waals surface area contributed by atoms with Crippen molar-refractivity contribution in [2.75, 3.05) is 5.75 Å². The lowest BCUT2D eigenvalue weighted by molar-refractivity contribution is 0.586. The maximum atomic E-state index is 11.6. The highest BCUT2D eigenvalue weighted by Crippen LogP contribution is 2.07. The van der Waals surface area contributed by atoms with Crippen LogP contribution in [0.5, 0.6) is 0 Å². The largest absolute Gasteiger partial charge is 0.328 e. The maximum Gasteiger partial charge on any atom is 0.154 e. The van der Waals surface area contributed by atoms with E-state index in [1.165, 1.54) is 0 Å². The minimum absolute atomic E-state index is 0.0597. The second-order valence-corrected chi connectivity index (χ2v) is 6.03. The van der Waals surface area contributed by atoms with E-state index < -0.39 is 9.84 Å². The Morgan fingerprint density at radius 3 is 2.40 bits per heavy atom. The monoisotopic (exact) mass is 227 g/mol. The van der Waals surface area contributed by atoms with Crippen LogP contribution in [0.3, 0.4) is 0 Å². The van der Waals surface area contributed by atoms with Crippen molar-refractivity contribution in [1.82, 2.24) is 0 Å². The zero-order chi connectivity index (χ0) is 11.3. The van der Waals surface area contributed by atoms with Gasteiger partial charge < -0.3 is 5.73 Å². The Labute approximate surface area is 91.2 Å². The van der Waals surface area contributed by atoms with Crippen molar-refractivity contribution in [3.05, 3.63) is 35.9 Å². The van der Waals surface area contributed by atoms with Gasteiger partial charge in [0.25, 0.3) is 0 Å². The second kappa shape index (κ2) is 5.28. The molecule has 0 radical (unpaired) electrons. The van der Waals surface area contributed by atoms with E-state index in [0.717, 1.165) is 5.56 Å². The molecule has 3 nitrogen and oxygen atoms in total. The van der Waals surface area contributed by atoms with Crippen LogP contribution in [0.15, 0.2) is 30.3 Å². The van der Waals surface area contributed by atoms with Gasteiger partial charge in [0.2, 0.25) is 0 Å². The fourth-order valence-electron chi connectivity index (χ4n) is 1.27. The van der Waals surface area contributed by atoms with Crippen molar-refractivity contribution in [2.45, 2.75) is 25.1 Å². The first-order chi connectivity index (χ1) is 6.99. The molecular weight excluding hydrogens is 210 g/mol. The highest BCUT2D eigenvalue weighted by molar-refractivity contribution is 7.90. The zero-order valence-electron chi connectivity index (χ0n) is 8.89. The van der Waals surface area contributed by atoms with Crippen LogP contribution in [0.1, 0.15) is 18.9 Å². The third-order valence-electron chi connectivity index (χ3n) is 2.11. The van der Waals surface area contributed by atoms with Gasteiger partial charge >= 0.3 is 0 Å². The lowest BCUT2D eigenvalue weighted by Crippen LogP contribution is -2.20. The Morgan fingerprint density at radius 1 is 1.27 bits per heavy atom. The summed E-state index contributed by atoms with van der Waals surface area (Å²) in [4.78, 5) is 0. The Morgan fingerprint density at radius 2 is 1.87 bits per heavy atom. The van der Waals surface area contributed by atoms with Gasteiger partial charge in [-0.15, -0.1) is 0 Å². The topological polar surface area (TPSA) is 60.2 Å². The van der Waals surface area contributed by atoms with Gasteiger partial charge in [-0.05, 0) is 18.9 Å². The molecule has 15 heavy (non-hydrogen) atoms. The average molecular weight is 227 g/mol. The molecule has 1 atom stereocenters. The van der Waals surface area contributed by atoms with Gasteiger partial charge in [0.1, 0.15) is 0 Å². The van der Waals surface area contributed by atoms with Crippen LogP contribution in [0.4, 0.5) is 0 Å². The van der Waals surface area contributed by atoms with E-state index in [4.69, 9.17) is 5.73 Å². The molecule has 0 aliphatic carbocycles. The van der Waals surface area contributed by atoms with Gasteiger partial charge in [-0.1, -0.05) is 30.3 Å². The molecule has 0 spiro atoms. The fourth-order valence-corrected chi connectivity index (χ4v) is 2.84. The van der Waals surface area contributed by atoms with Crippen molar-refractivity contribution < 1.29 is 8.42 Å². The summed E-state index contributed by atoms with van der Waals surface area (Å²) in [6, 6.07) is 9.15. The highest BCUT2D eigenvalue weighted by atomic mass is 32.2. The van der Waals surface area contributed by atoms with Crippen LogP contribution >= 0.6 is 0 Å². The van der Waals surface area contributed by atoms with Crippen LogP contribution < -0.4 is 5.73 Å². The Kier molecular flexibility index (Phi) is 4.29. The molecule has 0 aliphatic rings. The number of hydrogen-bond acceptors (Lipinski definition) is 3. The number of hydrogen-bond donors (Lipinski definition) is 1. The summed E-state index contributed by atoms with van der Waals surface area (Å²) in [5.74, 6) is 0.278. The van der Waals surface area contributed by atoms with Gasteiger partial charge in [0.05, 0.1) is 11.5 Å². The first kappa shape index (κ1) is 12.2. The minimum atomic E-state index is -3.01. The molecule has 4 heteroatoms. The average Bonchev–Trinajstić information content (AvgIpc) is 2.16. The number of sulfone groups is 1. The molecule has 0 saturated heterocycles. The van der Waals surface area contributed by atoms with Crippen molar-refractivity contribution in [3.63, 3.8) is 0 Å². The Bertz CT molecular complexity index is 384. The third-order valence-corrected chi connectivity index (χ3v) is 3.74. The highest BCUT2D eigenvalue weighted by Gasteiger charge is 2.12. The van der Waals surface area contributed by atoms with Crippen molar-refractivity contribution in [2.24, 2.45) is 5.73 Å². The van der Waals surface area contributed by atoms with Gasteiger partial charge in [-0.3, -0.25) is 0 Å². The summed E-state index contributed by atoms with van der Waals surface area (Å²) >= 11 is 0. The van der Waals surface area contributed by atoms with Crippen LogP contribution in [0, 0.1) is 0 Å². The van der Waals surface area contributed by atoms with Crippen molar-refractivity contribution in [3.8, 4) is 0 Å². The van der Waals surface area contributed by atoms with Gasteiger partial charge in [0, 0.05) is 6.04 Å². The molecule has 84 valence electrons. The summed E-state index contributed by atoms with van der Waals surface area (Å²) in [7, 11) is -3.01. The van der Waals surface area contributed by atoms with E-state index in [1.54, 1.807) is 0 Å². The Hall–Kier alpha value is -0.870. The van der Waals surface area contributed by atoms with Crippen LogP contribution in [0.2, 0.25) is 0 Å². The van der Waals surface area contributed by atoms with Crippen molar-refractivity contribution >= 4 is 9.84 Å². The van der Waals surface area contributed by atoms with Gasteiger partial charge in [-0.2, -0.15) is 0 Å². The first-order valence-corrected chi connectivity index (χ1v) is 6.82. The van der Waals surface area contributed by atoms with Crippen LogP contribution in [0.25, 0.3) is 0 Å². The summed E-state index contributed by atoms with van der Waals surface area (Å²) < 4.78 is 23.3. The number of nitrogens with two attached hydrogens (primary N) is 1. The molecule has 1 rings (SSSR count). The summed E-state index contributed by atoms with van der Waals surface area (Å²) in [5, 5.41) is 0. The Balaban J connectivity index is 2.57. The van der Waals surface area contributed by atoms with Gasteiger partial charge in [0.15, 0.2) is 9.84 Å². The predicted octanol–water partition coefficient (Wildman–Crippen LogP) is 1.34. The van der Waals surface area contributed by atoms with E-state index in [-0.39, 0.29) is 17.5 Å². The van der Waals surface area contributed by atoms with E-state index in [0.29, 0.717) is 6.42 Å². The number of rotatable bonds is 5. The standard InChI is InChI=1S/C11H17NO2S/c1-10(12)7-8-15(13,14)9-11-5-3-2-4-6-11/h2-6,10H,7-9,12H2,1H3. The van der Waals surface area contributed by atoms with E-state index in [9.17, 15) is 8.42 Å². The molecular formula is C11H17NO2S. The van der Waals surface area contributed by atoms with E-state index in [1.807, 2.05) is 37.3 Å². The molecule has 0 fully saturated rings. The zero-order valence-corrected chi connectivity index (χ0v) is 9.70. The molecule has 2 N–H and O–H groups in total. The van der Waals surface area contributed by atoms with Gasteiger partial charge in [-0.25, -0.2) is 8.42 Å². The maximum absolute atomic E-state index is 11.6. The van der Waals surface area contributed by atoms with Crippen LogP contribution in [-0.4, -0.2) is 20.2 Å². The summed E-state index contributed by atoms with van der Waals surface area (Å²) in [6.45, 7) is 1.82. The molecule has 1 aromatic rings. The lowest BCUT2D eigenvalue weighted by atomic mass is 10.2. The second-order valence-electron chi connectivity index (χ2n) is 3.84. The quantitative estimate of drug-likeness (QED) is 0.825. The predicted molar refractivity (Wildman–Crippen MR) is 62.2 cm³/mol. The molecule has 0 amide bonds. The molecule has 0 saturated carbocycles.